The maximum absolute atomic E-state index is 7.02. The van der Waals surface area contributed by atoms with Crippen LogP contribution in [0, 0.1) is 0 Å². The predicted molar refractivity (Wildman–Crippen MR) is 264 cm³/mol. The molecule has 7 aromatic rings. The van der Waals surface area contributed by atoms with E-state index in [0.717, 1.165) is 34.0 Å². The van der Waals surface area contributed by atoms with Gasteiger partial charge in [0.1, 0.15) is 17.3 Å². The van der Waals surface area contributed by atoms with Crippen LogP contribution in [0.15, 0.2) is 134 Å². The Hall–Kier alpha value is -5.81. The Balaban J connectivity index is 1.23. The zero-order valence-electron chi connectivity index (χ0n) is 39.6. The van der Waals surface area contributed by atoms with Gasteiger partial charge >= 0.3 is 0 Å². The highest BCUT2D eigenvalue weighted by molar-refractivity contribution is 6.09. The van der Waals surface area contributed by atoms with Crippen molar-refractivity contribution < 1.29 is 4.74 Å². The van der Waals surface area contributed by atoms with Crippen LogP contribution in [0.1, 0.15) is 130 Å². The van der Waals surface area contributed by atoms with Crippen molar-refractivity contribution >= 4 is 33.2 Å². The van der Waals surface area contributed by atoms with Gasteiger partial charge in [-0.15, -0.1) is 0 Å². The lowest BCUT2D eigenvalue weighted by atomic mass is 9.78. The molecule has 3 heterocycles. The molecular formula is C57H66N4O. The zero-order valence-corrected chi connectivity index (χ0v) is 39.6. The number of hydrogen-bond acceptors (Lipinski definition) is 4. The minimum atomic E-state index is -0.286. The highest BCUT2D eigenvalue weighted by Gasteiger charge is 2.28. The second-order valence-corrected chi connectivity index (χ2v) is 22.1. The van der Waals surface area contributed by atoms with Crippen LogP contribution in [-0.2, 0) is 27.1 Å². The van der Waals surface area contributed by atoms with Crippen molar-refractivity contribution in [3.05, 3.63) is 167 Å². The molecule has 8 rings (SSSR count). The Kier molecular flexibility index (Phi) is 10.5. The molecule has 5 heteroatoms. The quantitative estimate of drug-likeness (QED) is 0.160. The largest absolute Gasteiger partial charge is 0.457 e. The number of aromatic nitrogens is 2. The minimum absolute atomic E-state index is 0.0136. The molecule has 0 N–H and O–H groups in total. The van der Waals surface area contributed by atoms with Crippen molar-refractivity contribution in [3.63, 3.8) is 0 Å². The smallest absolute Gasteiger partial charge is 0.137 e. The molecule has 0 aliphatic carbocycles. The fraction of sp³-hybridized carbons (Fsp3) is 0.351. The van der Waals surface area contributed by atoms with Crippen molar-refractivity contribution in [3.8, 4) is 17.3 Å². The van der Waals surface area contributed by atoms with Crippen molar-refractivity contribution in [2.24, 2.45) is 0 Å². The Morgan fingerprint density at radius 2 is 1.02 bits per heavy atom. The van der Waals surface area contributed by atoms with E-state index in [4.69, 9.17) is 9.72 Å². The summed E-state index contributed by atoms with van der Waals surface area (Å²) in [5.41, 5.74) is 11.9. The normalized spacial score (nSPS) is 14.1. The SMILES string of the molecule is CC(C)(C)c1cc(N2C=CN(c3cc(Oc4ccc5c6cc(C(C)(C)C)ccc6n(-c6cc(C(C)(C)C)ccn6)c5c4)cc(C(C)(C)c4ccccc4)c3)C2)cc(C(C)(C)C)c1. The van der Waals surface area contributed by atoms with Crippen LogP contribution in [-0.4, -0.2) is 16.2 Å². The number of nitrogens with zero attached hydrogens (tertiary/aromatic N) is 4. The van der Waals surface area contributed by atoms with Gasteiger partial charge in [-0.2, -0.15) is 0 Å². The van der Waals surface area contributed by atoms with E-state index in [1.807, 2.05) is 6.20 Å². The highest BCUT2D eigenvalue weighted by atomic mass is 16.5. The fourth-order valence-corrected chi connectivity index (χ4v) is 8.51. The van der Waals surface area contributed by atoms with Crippen molar-refractivity contribution in [1.82, 2.24) is 9.55 Å². The zero-order chi connectivity index (χ0) is 44.6. The molecule has 62 heavy (non-hydrogen) atoms. The first-order valence-electron chi connectivity index (χ1n) is 22.3. The summed E-state index contributed by atoms with van der Waals surface area (Å²) in [6, 6.07) is 42.4. The third-order valence-electron chi connectivity index (χ3n) is 12.8. The second kappa shape index (κ2) is 15.2. The van der Waals surface area contributed by atoms with Crippen LogP contribution in [0.2, 0.25) is 0 Å². The van der Waals surface area contributed by atoms with E-state index in [1.165, 1.54) is 49.8 Å². The molecule has 5 aromatic carbocycles. The average Bonchev–Trinajstić information content (AvgIpc) is 3.83. The first-order chi connectivity index (χ1) is 29.0. The molecule has 0 atom stereocenters. The van der Waals surface area contributed by atoms with Crippen molar-refractivity contribution in [2.45, 2.75) is 124 Å². The summed E-state index contributed by atoms with van der Waals surface area (Å²) in [5, 5.41) is 2.39. The number of ether oxygens (including phenoxy) is 1. The Morgan fingerprint density at radius 3 is 1.63 bits per heavy atom. The number of hydrogen-bond donors (Lipinski definition) is 0. The van der Waals surface area contributed by atoms with Crippen LogP contribution in [0.3, 0.4) is 0 Å². The van der Waals surface area contributed by atoms with Gasteiger partial charge in [0.2, 0.25) is 0 Å². The number of anilines is 2. The molecule has 0 saturated heterocycles. The van der Waals surface area contributed by atoms with Gasteiger partial charge in [-0.05, 0) is 116 Å². The van der Waals surface area contributed by atoms with E-state index in [0.29, 0.717) is 6.67 Å². The second-order valence-electron chi connectivity index (χ2n) is 22.1. The monoisotopic (exact) mass is 823 g/mol. The van der Waals surface area contributed by atoms with E-state index in [2.05, 4.69) is 239 Å². The van der Waals surface area contributed by atoms with Gasteiger partial charge in [0.25, 0.3) is 0 Å². The summed E-state index contributed by atoms with van der Waals surface area (Å²) in [6.45, 7) is 32.7. The maximum Gasteiger partial charge on any atom is 0.137 e. The third kappa shape index (κ3) is 8.39. The van der Waals surface area contributed by atoms with Gasteiger partial charge in [-0.25, -0.2) is 4.98 Å². The fourth-order valence-electron chi connectivity index (χ4n) is 8.51. The topological polar surface area (TPSA) is 33.5 Å². The van der Waals surface area contributed by atoms with Crippen LogP contribution < -0.4 is 14.5 Å². The average molecular weight is 823 g/mol. The summed E-state index contributed by atoms with van der Waals surface area (Å²) in [4.78, 5) is 9.67. The first kappa shape index (κ1) is 42.9. The summed E-state index contributed by atoms with van der Waals surface area (Å²) in [5.74, 6) is 2.47. The number of benzene rings is 5. The van der Waals surface area contributed by atoms with E-state index in [1.54, 1.807) is 0 Å². The lowest BCUT2D eigenvalue weighted by molar-refractivity contribution is 0.480. The molecule has 320 valence electrons. The Bertz CT molecular complexity index is 2780. The lowest BCUT2D eigenvalue weighted by Gasteiger charge is -2.30. The van der Waals surface area contributed by atoms with Gasteiger partial charge in [0.15, 0.2) is 0 Å². The molecule has 1 aliphatic rings. The minimum Gasteiger partial charge on any atom is -0.457 e. The van der Waals surface area contributed by atoms with Crippen LogP contribution >= 0.6 is 0 Å². The molecule has 0 saturated carbocycles. The molecule has 0 radical (unpaired) electrons. The number of pyridine rings is 1. The lowest BCUT2D eigenvalue weighted by Crippen LogP contribution is -2.26. The molecule has 2 aromatic heterocycles. The highest BCUT2D eigenvalue weighted by Crippen LogP contribution is 2.42. The van der Waals surface area contributed by atoms with Crippen molar-refractivity contribution in [1.29, 1.82) is 0 Å². The molecule has 5 nitrogen and oxygen atoms in total. The molecule has 0 fully saturated rings. The summed E-state index contributed by atoms with van der Waals surface area (Å²) in [7, 11) is 0. The van der Waals surface area contributed by atoms with E-state index in [-0.39, 0.29) is 27.1 Å². The molecule has 0 bridgehead atoms. The molecule has 0 spiro atoms. The Morgan fingerprint density at radius 1 is 0.435 bits per heavy atom. The van der Waals surface area contributed by atoms with Crippen LogP contribution in [0.25, 0.3) is 27.6 Å². The van der Waals surface area contributed by atoms with Crippen LogP contribution in [0.4, 0.5) is 11.4 Å². The summed E-state index contributed by atoms with van der Waals surface area (Å²) < 4.78 is 9.33. The summed E-state index contributed by atoms with van der Waals surface area (Å²) >= 11 is 0. The van der Waals surface area contributed by atoms with E-state index >= 15 is 0 Å². The molecule has 1 aliphatic heterocycles. The number of fused-ring (bicyclic) bond motifs is 3. The number of rotatable bonds is 7. The van der Waals surface area contributed by atoms with Gasteiger partial charge in [0.05, 0.1) is 17.7 Å². The molecule has 0 unspecified atom stereocenters. The van der Waals surface area contributed by atoms with Gasteiger partial charge in [-0.1, -0.05) is 139 Å². The van der Waals surface area contributed by atoms with Crippen molar-refractivity contribution in [2.75, 3.05) is 16.5 Å². The standard InChI is InChI=1S/C57H66N4O/c1-53(2,3)39-20-23-50-49(33-39)48-22-21-46(36-51(48)61(50)52-34-40(24-25-58-52)54(4,5)6)62-47-32-43(57(13,14)38-18-16-15-17-19-38)31-45(35-47)60-27-26-59(37-60)44-29-41(55(7,8)9)28-42(30-44)56(10,11)12/h15-36H,37H2,1-14H3. The van der Waals surface area contributed by atoms with Gasteiger partial charge in [0, 0.05) is 58.3 Å². The maximum atomic E-state index is 7.02. The van der Waals surface area contributed by atoms with Gasteiger partial charge in [-0.3, -0.25) is 4.57 Å². The Labute approximate surface area is 371 Å². The van der Waals surface area contributed by atoms with E-state index < -0.39 is 0 Å². The molecule has 0 amide bonds. The molecular weight excluding hydrogens is 757 g/mol. The van der Waals surface area contributed by atoms with E-state index in [9.17, 15) is 0 Å². The van der Waals surface area contributed by atoms with Gasteiger partial charge < -0.3 is 14.5 Å². The van der Waals surface area contributed by atoms with Crippen LogP contribution in [0.5, 0.6) is 11.5 Å². The first-order valence-corrected chi connectivity index (χ1v) is 22.3. The summed E-state index contributed by atoms with van der Waals surface area (Å²) in [6.07, 6.45) is 6.36. The predicted octanol–water partition coefficient (Wildman–Crippen LogP) is 15.2. The third-order valence-corrected chi connectivity index (χ3v) is 12.8.